The number of methoxy groups -OCH3 is 1. The minimum Gasteiger partial charge on any atom is -0.465 e. The van der Waals surface area contributed by atoms with E-state index in [1.54, 1.807) is 6.20 Å². The maximum atomic E-state index is 12.0. The van der Waals surface area contributed by atoms with Gasteiger partial charge in [-0.15, -0.1) is 22.7 Å². The number of hydrogen-bond acceptors (Lipinski definition) is 7. The highest BCUT2D eigenvalue weighted by molar-refractivity contribution is 8.01. The van der Waals surface area contributed by atoms with Gasteiger partial charge in [0.2, 0.25) is 5.91 Å². The first kappa shape index (κ1) is 16.0. The lowest BCUT2D eigenvalue weighted by molar-refractivity contribution is -0.113. The first-order chi connectivity index (χ1) is 10.0. The van der Waals surface area contributed by atoms with E-state index < -0.39 is 5.97 Å². The maximum absolute atomic E-state index is 12.0. The Balaban J connectivity index is 2.06. The van der Waals surface area contributed by atoms with Crippen LogP contribution in [-0.4, -0.2) is 29.7 Å². The molecule has 0 aliphatic carbocycles. The van der Waals surface area contributed by atoms with Gasteiger partial charge in [-0.3, -0.25) is 4.79 Å². The fraction of sp³-hybridized carbons (Fsp3) is 0.308. The zero-order chi connectivity index (χ0) is 15.4. The molecule has 0 saturated carbocycles. The van der Waals surface area contributed by atoms with Crippen LogP contribution in [-0.2, 0) is 9.53 Å². The summed E-state index contributed by atoms with van der Waals surface area (Å²) in [5.74, 6) is -0.342. The van der Waals surface area contributed by atoms with Gasteiger partial charge in [0, 0.05) is 16.5 Å². The van der Waals surface area contributed by atoms with Crippen molar-refractivity contribution in [2.75, 3.05) is 18.2 Å². The van der Waals surface area contributed by atoms with Crippen LogP contribution in [0.15, 0.2) is 15.9 Å². The number of amides is 1. The molecule has 0 radical (unpaired) electrons. The second-order valence-corrected chi connectivity index (χ2v) is 7.46. The molecule has 2 aromatic rings. The molecule has 0 aliphatic heterocycles. The van der Waals surface area contributed by atoms with Gasteiger partial charge in [-0.1, -0.05) is 11.8 Å². The molecule has 0 aromatic carbocycles. The number of anilines is 1. The van der Waals surface area contributed by atoms with Gasteiger partial charge in [-0.2, -0.15) is 0 Å². The molecule has 0 spiro atoms. The van der Waals surface area contributed by atoms with Crippen LogP contribution >= 0.6 is 34.4 Å². The summed E-state index contributed by atoms with van der Waals surface area (Å²) in [6.45, 7) is 3.75. The summed E-state index contributed by atoms with van der Waals surface area (Å²) >= 11 is 4.24. The molecule has 0 fully saturated rings. The van der Waals surface area contributed by atoms with Crippen molar-refractivity contribution >= 4 is 51.3 Å². The molecular formula is C13H14N2O3S3. The van der Waals surface area contributed by atoms with Crippen LogP contribution in [0.25, 0.3) is 0 Å². The Hall–Kier alpha value is -1.38. The fourth-order valence-corrected chi connectivity index (χ4v) is 4.14. The second kappa shape index (κ2) is 7.06. The van der Waals surface area contributed by atoms with E-state index in [4.69, 9.17) is 4.74 Å². The smallest absolute Gasteiger partial charge is 0.341 e. The summed E-state index contributed by atoms with van der Waals surface area (Å²) in [6.07, 6.45) is 1.70. The Morgan fingerprint density at radius 3 is 2.81 bits per heavy atom. The number of aromatic nitrogens is 1. The van der Waals surface area contributed by atoms with Crippen molar-refractivity contribution in [2.45, 2.75) is 18.2 Å². The average Bonchev–Trinajstić information content (AvgIpc) is 3.06. The summed E-state index contributed by atoms with van der Waals surface area (Å²) in [4.78, 5) is 28.9. The van der Waals surface area contributed by atoms with Crippen molar-refractivity contribution in [3.05, 3.63) is 27.6 Å². The predicted octanol–water partition coefficient (Wildman–Crippen LogP) is 3.34. The molecule has 0 atom stereocenters. The number of carbonyl (C=O) groups excluding carboxylic acids is 2. The number of esters is 1. The first-order valence-corrected chi connectivity index (χ1v) is 8.71. The monoisotopic (exact) mass is 342 g/mol. The van der Waals surface area contributed by atoms with Crippen LogP contribution in [0.1, 0.15) is 20.8 Å². The van der Waals surface area contributed by atoms with E-state index in [2.05, 4.69) is 10.3 Å². The third-order valence-corrected chi connectivity index (χ3v) is 5.85. The predicted molar refractivity (Wildman–Crippen MR) is 86.6 cm³/mol. The van der Waals surface area contributed by atoms with Gasteiger partial charge in [-0.25, -0.2) is 9.78 Å². The zero-order valence-electron chi connectivity index (χ0n) is 11.8. The Labute approximate surface area is 134 Å². The Kier molecular flexibility index (Phi) is 5.38. The van der Waals surface area contributed by atoms with E-state index in [1.807, 2.05) is 19.2 Å². The molecule has 112 valence electrons. The Bertz CT molecular complexity index is 650. The lowest BCUT2D eigenvalue weighted by Gasteiger charge is -2.05. The highest BCUT2D eigenvalue weighted by Gasteiger charge is 2.21. The van der Waals surface area contributed by atoms with Crippen LogP contribution in [0, 0.1) is 13.8 Å². The standard InChI is InChI=1S/C13H14N2O3S3/c1-7-8(2)21-11(10(7)12(17)18-3)15-9(16)6-20-13-14-4-5-19-13/h4-5H,6H2,1-3H3,(H,15,16). The number of carbonyl (C=O) groups is 2. The van der Waals surface area contributed by atoms with Crippen molar-refractivity contribution in [2.24, 2.45) is 0 Å². The van der Waals surface area contributed by atoms with Gasteiger partial charge in [0.25, 0.3) is 0 Å². The average molecular weight is 342 g/mol. The lowest BCUT2D eigenvalue weighted by Crippen LogP contribution is -2.16. The number of thioether (sulfide) groups is 1. The number of aryl methyl sites for hydroxylation is 1. The highest BCUT2D eigenvalue weighted by atomic mass is 32.2. The summed E-state index contributed by atoms with van der Waals surface area (Å²) in [6, 6.07) is 0. The molecule has 0 aliphatic rings. The van der Waals surface area contributed by atoms with Gasteiger partial charge >= 0.3 is 5.97 Å². The molecule has 0 bridgehead atoms. The van der Waals surface area contributed by atoms with Gasteiger partial charge in [0.05, 0.1) is 18.4 Å². The summed E-state index contributed by atoms with van der Waals surface area (Å²) in [5, 5.41) is 5.19. The number of ether oxygens (including phenoxy) is 1. The van der Waals surface area contributed by atoms with Gasteiger partial charge in [0.15, 0.2) is 0 Å². The normalized spacial score (nSPS) is 10.4. The molecular weight excluding hydrogens is 328 g/mol. The molecule has 1 N–H and O–H groups in total. The van der Waals surface area contributed by atoms with E-state index in [9.17, 15) is 9.59 Å². The third-order valence-electron chi connectivity index (χ3n) is 2.76. The second-order valence-electron chi connectivity index (χ2n) is 4.11. The van der Waals surface area contributed by atoms with Crippen LogP contribution in [0.4, 0.5) is 5.00 Å². The number of thiazole rings is 1. The van der Waals surface area contributed by atoms with Crippen molar-refractivity contribution in [1.82, 2.24) is 4.98 Å². The number of rotatable bonds is 5. The molecule has 0 unspecified atom stereocenters. The lowest BCUT2D eigenvalue weighted by atomic mass is 10.1. The minimum atomic E-state index is -0.431. The van der Waals surface area contributed by atoms with E-state index in [0.717, 1.165) is 14.8 Å². The van der Waals surface area contributed by atoms with Crippen molar-refractivity contribution in [3.63, 3.8) is 0 Å². The minimum absolute atomic E-state index is 0.165. The Morgan fingerprint density at radius 2 is 2.19 bits per heavy atom. The molecule has 2 heterocycles. The van der Waals surface area contributed by atoms with Crippen molar-refractivity contribution < 1.29 is 14.3 Å². The van der Waals surface area contributed by atoms with E-state index in [-0.39, 0.29) is 11.7 Å². The van der Waals surface area contributed by atoms with E-state index in [0.29, 0.717) is 10.6 Å². The first-order valence-electron chi connectivity index (χ1n) is 6.03. The molecule has 21 heavy (non-hydrogen) atoms. The quantitative estimate of drug-likeness (QED) is 0.667. The molecule has 2 rings (SSSR count). The summed E-state index contributed by atoms with van der Waals surface area (Å²) < 4.78 is 5.62. The molecule has 1 amide bonds. The number of nitrogens with one attached hydrogen (secondary N) is 1. The van der Waals surface area contributed by atoms with Crippen molar-refractivity contribution in [3.8, 4) is 0 Å². The van der Waals surface area contributed by atoms with Gasteiger partial charge in [-0.05, 0) is 19.4 Å². The number of nitrogens with zero attached hydrogens (tertiary/aromatic N) is 1. The van der Waals surface area contributed by atoms with Crippen molar-refractivity contribution in [1.29, 1.82) is 0 Å². The van der Waals surface area contributed by atoms with Gasteiger partial charge in [0.1, 0.15) is 9.34 Å². The number of hydrogen-bond donors (Lipinski definition) is 1. The summed E-state index contributed by atoms with van der Waals surface area (Å²) in [5.41, 5.74) is 1.28. The summed E-state index contributed by atoms with van der Waals surface area (Å²) in [7, 11) is 1.33. The van der Waals surface area contributed by atoms with Crippen LogP contribution < -0.4 is 5.32 Å². The maximum Gasteiger partial charge on any atom is 0.341 e. The fourth-order valence-electron chi connectivity index (χ4n) is 1.63. The topological polar surface area (TPSA) is 68.3 Å². The van der Waals surface area contributed by atoms with Crippen LogP contribution in [0.5, 0.6) is 0 Å². The number of thiophene rings is 1. The van der Waals surface area contributed by atoms with Gasteiger partial charge < -0.3 is 10.1 Å². The van der Waals surface area contributed by atoms with E-state index in [1.165, 1.54) is 41.5 Å². The SMILES string of the molecule is COC(=O)c1c(NC(=O)CSc2nccs2)sc(C)c1C. The third kappa shape index (κ3) is 3.84. The van der Waals surface area contributed by atoms with E-state index >= 15 is 0 Å². The highest BCUT2D eigenvalue weighted by Crippen LogP contribution is 2.33. The molecule has 0 saturated heterocycles. The molecule has 8 heteroatoms. The molecule has 5 nitrogen and oxygen atoms in total. The zero-order valence-corrected chi connectivity index (χ0v) is 14.2. The largest absolute Gasteiger partial charge is 0.465 e. The van der Waals surface area contributed by atoms with Crippen LogP contribution in [0.2, 0.25) is 0 Å². The van der Waals surface area contributed by atoms with Crippen LogP contribution in [0.3, 0.4) is 0 Å². The molecule has 2 aromatic heterocycles. The Morgan fingerprint density at radius 1 is 1.43 bits per heavy atom.